The molecule has 8 atom stereocenters. The lowest BCUT2D eigenvalue weighted by molar-refractivity contribution is -0.149. The van der Waals surface area contributed by atoms with E-state index in [0.717, 1.165) is 12.0 Å². The first-order chi connectivity index (χ1) is 14.5. The molecule has 6 nitrogen and oxygen atoms in total. The molecule has 0 radical (unpaired) electrons. The van der Waals surface area contributed by atoms with Gasteiger partial charge in [0, 0.05) is 31.4 Å². The van der Waals surface area contributed by atoms with E-state index in [-0.39, 0.29) is 41.9 Å². The maximum Gasteiger partial charge on any atom is 0.235 e. The SMILES string of the molecule is CO[C@@H]1CC(=O)[C@@]23C(=O)N[C@@H](CC(C)C)[C@H]2[C@H](C)C(C)=C[C@@H]3/C=C(\C)CC[C@H](O)[C@@H]1O. The lowest BCUT2D eigenvalue weighted by Gasteiger charge is -2.45. The van der Waals surface area contributed by atoms with E-state index in [1.165, 1.54) is 12.7 Å². The van der Waals surface area contributed by atoms with Crippen LogP contribution in [-0.4, -0.2) is 53.4 Å². The summed E-state index contributed by atoms with van der Waals surface area (Å²) in [5.74, 6) is -0.445. The second-order valence-electron chi connectivity index (χ2n) is 10.3. The van der Waals surface area contributed by atoms with E-state index in [0.29, 0.717) is 18.8 Å². The first kappa shape index (κ1) is 24.1. The third-order valence-corrected chi connectivity index (χ3v) is 7.83. The molecule has 3 aliphatic rings. The van der Waals surface area contributed by atoms with Crippen LogP contribution in [0.3, 0.4) is 0 Å². The molecule has 3 rings (SSSR count). The highest BCUT2D eigenvalue weighted by Crippen LogP contribution is 2.55. The van der Waals surface area contributed by atoms with Gasteiger partial charge in [0.15, 0.2) is 5.78 Å². The Morgan fingerprint density at radius 2 is 1.90 bits per heavy atom. The number of ether oxygens (including phenoxy) is 1. The zero-order chi connectivity index (χ0) is 23.1. The highest BCUT2D eigenvalue weighted by molar-refractivity contribution is 6.09. The minimum atomic E-state index is -1.22. The molecule has 3 N–H and O–H groups in total. The maximum absolute atomic E-state index is 14.0. The lowest BCUT2D eigenvalue weighted by Crippen LogP contribution is -2.54. The van der Waals surface area contributed by atoms with Gasteiger partial charge in [0.1, 0.15) is 11.5 Å². The van der Waals surface area contributed by atoms with E-state index in [1.54, 1.807) is 0 Å². The number of ketones is 1. The Balaban J connectivity index is 2.19. The van der Waals surface area contributed by atoms with Gasteiger partial charge in [-0.05, 0) is 44.9 Å². The fraction of sp³-hybridized carbons (Fsp3) is 0.760. The van der Waals surface area contributed by atoms with Crippen molar-refractivity contribution >= 4 is 11.7 Å². The van der Waals surface area contributed by atoms with Crippen molar-refractivity contribution in [1.82, 2.24) is 5.32 Å². The quantitative estimate of drug-likeness (QED) is 0.470. The molecule has 0 unspecified atom stereocenters. The van der Waals surface area contributed by atoms with Crippen LogP contribution in [0.1, 0.15) is 60.3 Å². The summed E-state index contributed by atoms with van der Waals surface area (Å²) in [5.41, 5.74) is 0.994. The molecule has 2 aliphatic carbocycles. The van der Waals surface area contributed by atoms with Gasteiger partial charge >= 0.3 is 0 Å². The van der Waals surface area contributed by atoms with Crippen molar-refractivity contribution in [2.24, 2.45) is 29.1 Å². The number of hydrogen-bond acceptors (Lipinski definition) is 5. The predicted molar refractivity (Wildman–Crippen MR) is 119 cm³/mol. The number of rotatable bonds is 3. The molecule has 1 fully saturated rings. The second kappa shape index (κ2) is 9.16. The van der Waals surface area contributed by atoms with Gasteiger partial charge in [-0.3, -0.25) is 9.59 Å². The summed E-state index contributed by atoms with van der Waals surface area (Å²) < 4.78 is 5.45. The number of amides is 1. The van der Waals surface area contributed by atoms with Crippen molar-refractivity contribution < 1.29 is 24.5 Å². The zero-order valence-electron chi connectivity index (χ0n) is 19.7. The Morgan fingerprint density at radius 1 is 1.23 bits per heavy atom. The molecule has 6 heteroatoms. The van der Waals surface area contributed by atoms with E-state index in [4.69, 9.17) is 4.74 Å². The summed E-state index contributed by atoms with van der Waals surface area (Å²) in [6.45, 7) is 10.4. The number of allylic oxidation sites excluding steroid dienone is 4. The monoisotopic (exact) mass is 433 g/mol. The summed E-state index contributed by atoms with van der Waals surface area (Å²) in [6.07, 6.45) is 2.79. The Kier molecular flexibility index (Phi) is 7.14. The predicted octanol–water partition coefficient (Wildman–Crippen LogP) is 2.78. The highest BCUT2D eigenvalue weighted by atomic mass is 16.5. The van der Waals surface area contributed by atoms with Crippen LogP contribution in [0.5, 0.6) is 0 Å². The molecule has 1 saturated heterocycles. The van der Waals surface area contributed by atoms with Gasteiger partial charge < -0.3 is 20.3 Å². The van der Waals surface area contributed by atoms with Crippen molar-refractivity contribution in [3.63, 3.8) is 0 Å². The smallest absolute Gasteiger partial charge is 0.235 e. The number of hydrogen-bond donors (Lipinski definition) is 3. The van der Waals surface area contributed by atoms with Gasteiger partial charge in [0.2, 0.25) is 5.91 Å². The van der Waals surface area contributed by atoms with Crippen LogP contribution in [0, 0.1) is 29.1 Å². The van der Waals surface area contributed by atoms with Crippen LogP contribution >= 0.6 is 0 Å². The standard InChI is InChI=1S/C25H39NO5/c1-13(2)9-18-22-16(5)15(4)11-17-10-14(3)7-8-19(27)23(29)20(31-6)12-21(28)25(17,22)24(30)26-18/h10-11,13,16-20,22-23,27,29H,7-9,12H2,1-6H3,(H,26,30)/b14-10+/t16-,17+,18+,19+,20-,22-,23+,25-/m1/s1. The largest absolute Gasteiger partial charge is 0.390 e. The summed E-state index contributed by atoms with van der Waals surface area (Å²) in [6, 6.07) is -0.0760. The summed E-state index contributed by atoms with van der Waals surface area (Å²) >= 11 is 0. The van der Waals surface area contributed by atoms with Gasteiger partial charge in [-0.1, -0.05) is 44.1 Å². The van der Waals surface area contributed by atoms with Gasteiger partial charge in [-0.25, -0.2) is 0 Å². The molecule has 0 saturated carbocycles. The van der Waals surface area contributed by atoms with E-state index in [1.807, 2.05) is 13.0 Å². The van der Waals surface area contributed by atoms with Crippen LogP contribution in [0.2, 0.25) is 0 Å². The number of aliphatic hydroxyl groups excluding tert-OH is 2. The zero-order valence-corrected chi connectivity index (χ0v) is 19.7. The fourth-order valence-electron chi connectivity index (χ4n) is 6.08. The number of aliphatic hydroxyl groups is 2. The summed E-state index contributed by atoms with van der Waals surface area (Å²) in [4.78, 5) is 27.7. The molecule has 1 aliphatic heterocycles. The summed E-state index contributed by atoms with van der Waals surface area (Å²) in [5, 5.41) is 24.3. The molecule has 1 heterocycles. The number of carbonyl (C=O) groups is 2. The van der Waals surface area contributed by atoms with Crippen molar-refractivity contribution in [3.05, 3.63) is 23.3 Å². The van der Waals surface area contributed by atoms with Crippen LogP contribution in [0.15, 0.2) is 23.3 Å². The van der Waals surface area contributed by atoms with E-state index in [9.17, 15) is 19.8 Å². The van der Waals surface area contributed by atoms with Crippen LogP contribution < -0.4 is 5.32 Å². The molecule has 174 valence electrons. The molecule has 0 aromatic carbocycles. The molecule has 1 spiro atoms. The minimum absolute atomic E-state index is 0.0760. The third-order valence-electron chi connectivity index (χ3n) is 7.83. The molecule has 31 heavy (non-hydrogen) atoms. The van der Waals surface area contributed by atoms with Crippen molar-refractivity contribution in [3.8, 4) is 0 Å². The molecule has 0 aromatic rings. The normalized spacial score (nSPS) is 43.3. The molecular formula is C25H39NO5. The van der Waals surface area contributed by atoms with Crippen LogP contribution in [0.4, 0.5) is 0 Å². The van der Waals surface area contributed by atoms with Gasteiger partial charge in [0.25, 0.3) is 0 Å². The molecular weight excluding hydrogens is 394 g/mol. The molecule has 1 amide bonds. The van der Waals surface area contributed by atoms with Gasteiger partial charge in [0.05, 0.1) is 12.2 Å². The fourth-order valence-corrected chi connectivity index (χ4v) is 6.08. The van der Waals surface area contributed by atoms with Crippen molar-refractivity contribution in [2.45, 2.75) is 84.7 Å². The number of methoxy groups -OCH3 is 1. The topological polar surface area (TPSA) is 95.9 Å². The maximum atomic E-state index is 14.0. The average Bonchev–Trinajstić information content (AvgIpc) is 2.98. The van der Waals surface area contributed by atoms with Crippen LogP contribution in [0.25, 0.3) is 0 Å². The van der Waals surface area contributed by atoms with E-state index >= 15 is 0 Å². The highest BCUT2D eigenvalue weighted by Gasteiger charge is 2.65. The Morgan fingerprint density at radius 3 is 2.52 bits per heavy atom. The van der Waals surface area contributed by atoms with E-state index in [2.05, 4.69) is 39.1 Å². The number of nitrogens with one attached hydrogen (secondary N) is 1. The first-order valence-corrected chi connectivity index (χ1v) is 11.6. The van der Waals surface area contributed by atoms with Crippen molar-refractivity contribution in [1.29, 1.82) is 0 Å². The van der Waals surface area contributed by atoms with Crippen LogP contribution in [-0.2, 0) is 14.3 Å². The van der Waals surface area contributed by atoms with Gasteiger partial charge in [-0.15, -0.1) is 0 Å². The Labute approximate surface area is 186 Å². The minimum Gasteiger partial charge on any atom is -0.390 e. The third kappa shape index (κ3) is 4.14. The lowest BCUT2D eigenvalue weighted by atomic mass is 9.54. The molecule has 0 aromatic heterocycles. The second-order valence-corrected chi connectivity index (χ2v) is 10.3. The number of carbonyl (C=O) groups excluding carboxylic acids is 2. The Bertz CT molecular complexity index is 772. The summed E-state index contributed by atoms with van der Waals surface area (Å²) in [7, 11) is 1.44. The number of Topliss-reactive ketones (excluding diaryl/α,β-unsaturated/α-hetero) is 1. The Hall–Kier alpha value is -1.50. The average molecular weight is 434 g/mol. The van der Waals surface area contributed by atoms with Crippen molar-refractivity contribution in [2.75, 3.05) is 7.11 Å². The van der Waals surface area contributed by atoms with Gasteiger partial charge in [-0.2, -0.15) is 0 Å². The first-order valence-electron chi connectivity index (χ1n) is 11.6. The molecule has 0 bridgehead atoms. The van der Waals surface area contributed by atoms with E-state index < -0.39 is 23.7 Å².